The summed E-state index contributed by atoms with van der Waals surface area (Å²) in [5.41, 5.74) is 2.13. The number of hydrogen-bond donors (Lipinski definition) is 0. The van der Waals surface area contributed by atoms with E-state index >= 15 is 0 Å². The SMILES string of the molecule is N#CCS(=O)(=O)Cc1ccc(C(=O)OCc2cc(-c3ccccc3)on2)cc1. The van der Waals surface area contributed by atoms with Gasteiger partial charge in [0.05, 0.1) is 17.4 Å². The van der Waals surface area contributed by atoms with Crippen molar-refractivity contribution in [1.29, 1.82) is 5.26 Å². The first kappa shape index (κ1) is 19.3. The van der Waals surface area contributed by atoms with Crippen LogP contribution in [0, 0.1) is 11.3 Å². The molecule has 1 heterocycles. The highest BCUT2D eigenvalue weighted by atomic mass is 32.2. The van der Waals surface area contributed by atoms with Crippen LogP contribution in [0.4, 0.5) is 0 Å². The third-order valence-electron chi connectivity index (χ3n) is 3.83. The number of nitrogens with zero attached hydrogens (tertiary/aromatic N) is 2. The van der Waals surface area contributed by atoms with Crippen LogP contribution in [0.25, 0.3) is 11.3 Å². The molecule has 0 radical (unpaired) electrons. The molecular weight excluding hydrogens is 380 g/mol. The van der Waals surface area contributed by atoms with Crippen molar-refractivity contribution in [3.8, 4) is 17.4 Å². The van der Waals surface area contributed by atoms with Crippen molar-refractivity contribution >= 4 is 15.8 Å². The zero-order valence-electron chi connectivity index (χ0n) is 14.7. The van der Waals surface area contributed by atoms with Crippen LogP contribution in [0.15, 0.2) is 65.2 Å². The van der Waals surface area contributed by atoms with Gasteiger partial charge in [-0.05, 0) is 17.7 Å². The fourth-order valence-electron chi connectivity index (χ4n) is 2.48. The Bertz CT molecular complexity index is 1100. The Labute approximate surface area is 162 Å². The lowest BCUT2D eigenvalue weighted by atomic mass is 10.1. The number of nitriles is 1. The Kier molecular flexibility index (Phi) is 5.87. The molecule has 1 aromatic heterocycles. The molecule has 28 heavy (non-hydrogen) atoms. The van der Waals surface area contributed by atoms with Crippen LogP contribution >= 0.6 is 0 Å². The Hall–Kier alpha value is -3.44. The summed E-state index contributed by atoms with van der Waals surface area (Å²) >= 11 is 0. The van der Waals surface area contributed by atoms with E-state index in [1.807, 2.05) is 30.3 Å². The average Bonchev–Trinajstić information content (AvgIpc) is 3.16. The molecule has 0 unspecified atom stereocenters. The van der Waals surface area contributed by atoms with Gasteiger partial charge in [0, 0.05) is 11.6 Å². The molecule has 0 atom stereocenters. The molecule has 2 aromatic carbocycles. The number of sulfone groups is 1. The van der Waals surface area contributed by atoms with Gasteiger partial charge < -0.3 is 9.26 Å². The van der Waals surface area contributed by atoms with E-state index in [4.69, 9.17) is 14.5 Å². The van der Waals surface area contributed by atoms with Crippen molar-refractivity contribution in [2.75, 3.05) is 5.75 Å². The molecule has 0 amide bonds. The molecule has 3 rings (SSSR count). The molecule has 0 saturated heterocycles. The monoisotopic (exact) mass is 396 g/mol. The highest BCUT2D eigenvalue weighted by molar-refractivity contribution is 7.90. The summed E-state index contributed by atoms with van der Waals surface area (Å²) in [7, 11) is -3.48. The molecule has 3 aromatic rings. The molecule has 0 aliphatic heterocycles. The summed E-state index contributed by atoms with van der Waals surface area (Å²) in [6, 6.07) is 18.8. The van der Waals surface area contributed by atoms with Crippen molar-refractivity contribution in [1.82, 2.24) is 5.16 Å². The van der Waals surface area contributed by atoms with Crippen LogP contribution in [-0.2, 0) is 26.9 Å². The van der Waals surface area contributed by atoms with E-state index in [9.17, 15) is 13.2 Å². The maximum absolute atomic E-state index is 12.2. The Morgan fingerprint density at radius 2 is 1.82 bits per heavy atom. The summed E-state index contributed by atoms with van der Waals surface area (Å²) < 4.78 is 33.8. The van der Waals surface area contributed by atoms with Gasteiger partial charge in [-0.3, -0.25) is 0 Å². The molecule has 0 aliphatic carbocycles. The van der Waals surface area contributed by atoms with Crippen LogP contribution < -0.4 is 0 Å². The number of aromatic nitrogens is 1. The average molecular weight is 396 g/mol. The van der Waals surface area contributed by atoms with Gasteiger partial charge in [-0.25, -0.2) is 13.2 Å². The lowest BCUT2D eigenvalue weighted by Gasteiger charge is -2.04. The molecular formula is C20H16N2O5S. The van der Waals surface area contributed by atoms with Crippen LogP contribution in [0.2, 0.25) is 0 Å². The minimum absolute atomic E-state index is 0.0481. The van der Waals surface area contributed by atoms with Gasteiger partial charge >= 0.3 is 5.97 Å². The van der Waals surface area contributed by atoms with Crippen molar-refractivity contribution < 1.29 is 22.5 Å². The smallest absolute Gasteiger partial charge is 0.338 e. The van der Waals surface area contributed by atoms with Crippen LogP contribution in [0.3, 0.4) is 0 Å². The number of carbonyl (C=O) groups excluding carboxylic acids is 1. The lowest BCUT2D eigenvalue weighted by Crippen LogP contribution is -2.09. The summed E-state index contributed by atoms with van der Waals surface area (Å²) in [5, 5.41) is 12.4. The first-order valence-electron chi connectivity index (χ1n) is 8.31. The topological polar surface area (TPSA) is 110 Å². The van der Waals surface area contributed by atoms with Gasteiger partial charge in [-0.15, -0.1) is 0 Å². The minimum Gasteiger partial charge on any atom is -0.455 e. The van der Waals surface area contributed by atoms with Gasteiger partial charge in [0.2, 0.25) is 0 Å². The molecule has 0 fully saturated rings. The van der Waals surface area contributed by atoms with E-state index < -0.39 is 21.6 Å². The van der Waals surface area contributed by atoms with Gasteiger partial charge in [0.1, 0.15) is 18.1 Å². The molecule has 0 saturated carbocycles. The lowest BCUT2D eigenvalue weighted by molar-refractivity contribution is 0.0464. The zero-order valence-corrected chi connectivity index (χ0v) is 15.6. The molecule has 7 nitrogen and oxygen atoms in total. The number of benzene rings is 2. The van der Waals surface area contributed by atoms with Crippen molar-refractivity contribution in [2.45, 2.75) is 12.4 Å². The number of carbonyl (C=O) groups is 1. The van der Waals surface area contributed by atoms with Crippen LogP contribution in [0.1, 0.15) is 21.6 Å². The second-order valence-corrected chi connectivity index (χ2v) is 8.08. The Morgan fingerprint density at radius 1 is 1.11 bits per heavy atom. The number of rotatable bonds is 7. The van der Waals surface area contributed by atoms with E-state index in [-0.39, 0.29) is 17.9 Å². The van der Waals surface area contributed by atoms with E-state index in [0.717, 1.165) is 5.56 Å². The molecule has 142 valence electrons. The first-order valence-corrected chi connectivity index (χ1v) is 10.1. The zero-order chi connectivity index (χ0) is 20.0. The van der Waals surface area contributed by atoms with Gasteiger partial charge in [0.25, 0.3) is 0 Å². The van der Waals surface area contributed by atoms with E-state index in [2.05, 4.69) is 5.16 Å². The summed E-state index contributed by atoms with van der Waals surface area (Å²) in [4.78, 5) is 12.2. The summed E-state index contributed by atoms with van der Waals surface area (Å²) in [5.74, 6) is -0.776. The van der Waals surface area contributed by atoms with Crippen LogP contribution in [-0.4, -0.2) is 25.3 Å². The summed E-state index contributed by atoms with van der Waals surface area (Å²) in [6.07, 6.45) is 0. The Morgan fingerprint density at radius 3 is 2.50 bits per heavy atom. The molecule has 0 N–H and O–H groups in total. The van der Waals surface area contributed by atoms with Crippen molar-refractivity contribution in [3.05, 3.63) is 77.5 Å². The fraction of sp³-hybridized carbons (Fsp3) is 0.150. The second-order valence-electron chi connectivity index (χ2n) is 6.01. The Balaban J connectivity index is 1.58. The predicted molar refractivity (Wildman–Crippen MR) is 101 cm³/mol. The molecule has 0 aliphatic rings. The van der Waals surface area contributed by atoms with E-state index in [1.54, 1.807) is 12.1 Å². The fourth-order valence-corrected chi connectivity index (χ4v) is 3.48. The predicted octanol–water partition coefficient (Wildman–Crippen LogP) is 3.14. The highest BCUT2D eigenvalue weighted by Gasteiger charge is 2.14. The third-order valence-corrected chi connectivity index (χ3v) is 5.17. The van der Waals surface area contributed by atoms with Gasteiger partial charge in [0.15, 0.2) is 15.6 Å². The third kappa shape index (κ3) is 5.05. The highest BCUT2D eigenvalue weighted by Crippen LogP contribution is 2.20. The van der Waals surface area contributed by atoms with E-state index in [1.165, 1.54) is 24.3 Å². The summed E-state index contributed by atoms with van der Waals surface area (Å²) in [6.45, 7) is -0.0481. The minimum atomic E-state index is -3.48. The molecule has 8 heteroatoms. The number of hydrogen-bond acceptors (Lipinski definition) is 7. The molecule has 0 bridgehead atoms. The second kappa shape index (κ2) is 8.50. The van der Waals surface area contributed by atoms with Gasteiger partial charge in [-0.2, -0.15) is 5.26 Å². The van der Waals surface area contributed by atoms with Crippen molar-refractivity contribution in [2.24, 2.45) is 0 Å². The number of esters is 1. The van der Waals surface area contributed by atoms with Crippen LogP contribution in [0.5, 0.6) is 0 Å². The maximum atomic E-state index is 12.2. The van der Waals surface area contributed by atoms with Gasteiger partial charge in [-0.1, -0.05) is 47.6 Å². The largest absolute Gasteiger partial charge is 0.455 e. The van der Waals surface area contributed by atoms with Crippen molar-refractivity contribution in [3.63, 3.8) is 0 Å². The van der Waals surface area contributed by atoms with E-state index in [0.29, 0.717) is 17.0 Å². The number of ether oxygens (including phenoxy) is 1. The first-order chi connectivity index (χ1) is 13.5. The molecule has 0 spiro atoms. The quantitative estimate of drug-likeness (QED) is 0.564. The normalized spacial score (nSPS) is 11.0. The maximum Gasteiger partial charge on any atom is 0.338 e. The standard InChI is InChI=1S/C20H16N2O5S/c21-10-11-28(24,25)14-15-6-8-17(9-7-15)20(23)26-13-18-12-19(27-22-18)16-4-2-1-3-5-16/h1-9,12H,11,13-14H2.